The number of esters is 1. The van der Waals surface area contributed by atoms with Crippen LogP contribution in [0.4, 0.5) is 0 Å². The molecule has 196 valence electrons. The zero-order valence-electron chi connectivity index (χ0n) is 21.8. The number of aromatic nitrogens is 1. The number of rotatable bonds is 2. The van der Waals surface area contributed by atoms with Crippen molar-refractivity contribution in [2.45, 2.75) is 91.3 Å². The van der Waals surface area contributed by atoms with Crippen LogP contribution >= 0.6 is 11.3 Å². The maximum absolute atomic E-state index is 13.2. The first-order valence-corrected chi connectivity index (χ1v) is 13.2. The van der Waals surface area contributed by atoms with Gasteiger partial charge in [0.15, 0.2) is 0 Å². The van der Waals surface area contributed by atoms with Gasteiger partial charge in [0.25, 0.3) is 0 Å². The van der Waals surface area contributed by atoms with Crippen molar-refractivity contribution >= 4 is 29.2 Å². The smallest absolute Gasteiger partial charge is 0.309 e. The minimum atomic E-state index is -1.24. The van der Waals surface area contributed by atoms with Gasteiger partial charge in [-0.25, -0.2) is 4.98 Å². The first-order chi connectivity index (χ1) is 16.2. The molecule has 2 saturated heterocycles. The molecule has 0 saturated carbocycles. The lowest BCUT2D eigenvalue weighted by atomic mass is 9.73. The topological polar surface area (TPSA) is 121 Å². The Bertz CT molecular complexity index is 959. The molecule has 1 aromatic heterocycles. The van der Waals surface area contributed by atoms with Gasteiger partial charge >= 0.3 is 5.97 Å². The maximum Gasteiger partial charge on any atom is 0.309 e. The highest BCUT2D eigenvalue weighted by Gasteiger charge is 2.53. The molecular formula is C26H40N2O6S. The van der Waals surface area contributed by atoms with Crippen molar-refractivity contribution in [3.05, 3.63) is 21.7 Å². The molecule has 0 amide bonds. The van der Waals surface area contributed by atoms with Gasteiger partial charge in [-0.2, -0.15) is 0 Å². The van der Waals surface area contributed by atoms with E-state index in [-0.39, 0.29) is 24.2 Å². The van der Waals surface area contributed by atoms with Gasteiger partial charge < -0.3 is 25.0 Å². The number of Topliss-reactive ketones (excluding diaryl/α,β-unsaturated/α-hetero) is 1. The molecule has 1 aromatic rings. The van der Waals surface area contributed by atoms with Gasteiger partial charge in [-0.1, -0.05) is 27.7 Å². The average Bonchev–Trinajstić information content (AvgIpc) is 3.22. The van der Waals surface area contributed by atoms with Gasteiger partial charge in [0, 0.05) is 30.8 Å². The number of nitrogens with one attached hydrogen (secondary N) is 1. The fraction of sp³-hybridized carbons (Fsp3) is 0.731. The molecule has 9 heteroatoms. The van der Waals surface area contributed by atoms with Crippen LogP contribution in [0.3, 0.4) is 0 Å². The van der Waals surface area contributed by atoms with Crippen LogP contribution in [0.2, 0.25) is 0 Å². The monoisotopic (exact) mass is 508 g/mol. The molecule has 2 aliphatic rings. The maximum atomic E-state index is 13.2. The number of aliphatic hydroxyl groups is 2. The van der Waals surface area contributed by atoms with Crippen LogP contribution < -0.4 is 5.32 Å². The zero-order chi connectivity index (χ0) is 26.1. The number of hydrogen-bond acceptors (Lipinski definition) is 9. The molecule has 0 bridgehead atoms. The Morgan fingerprint density at radius 2 is 1.94 bits per heavy atom. The number of ketones is 1. The first kappa shape index (κ1) is 27.9. The predicted octanol–water partition coefficient (Wildman–Crippen LogP) is 2.90. The summed E-state index contributed by atoms with van der Waals surface area (Å²) in [5.74, 6) is -1.74. The zero-order valence-corrected chi connectivity index (χ0v) is 22.6. The largest absolute Gasteiger partial charge is 0.458 e. The Labute approximate surface area is 212 Å². The van der Waals surface area contributed by atoms with Crippen molar-refractivity contribution in [2.75, 3.05) is 13.1 Å². The normalized spacial score (nSPS) is 37.5. The van der Waals surface area contributed by atoms with E-state index in [0.29, 0.717) is 19.5 Å². The second kappa shape index (κ2) is 10.8. The van der Waals surface area contributed by atoms with Gasteiger partial charge in [-0.3, -0.25) is 9.59 Å². The van der Waals surface area contributed by atoms with E-state index >= 15 is 0 Å². The van der Waals surface area contributed by atoms with Crippen LogP contribution in [0.15, 0.2) is 11.0 Å². The summed E-state index contributed by atoms with van der Waals surface area (Å²) in [4.78, 5) is 30.6. The van der Waals surface area contributed by atoms with Crippen LogP contribution in [0, 0.1) is 24.2 Å². The summed E-state index contributed by atoms with van der Waals surface area (Å²) >= 11 is 1.55. The summed E-state index contributed by atoms with van der Waals surface area (Å²) in [6.45, 7) is 13.7. The molecule has 35 heavy (non-hydrogen) atoms. The van der Waals surface area contributed by atoms with Crippen LogP contribution in [-0.4, -0.2) is 70.1 Å². The Morgan fingerprint density at radius 1 is 1.26 bits per heavy atom. The number of fused-ring (bicyclic) bond motifs is 1. The van der Waals surface area contributed by atoms with Crippen molar-refractivity contribution in [1.82, 2.24) is 10.3 Å². The third kappa shape index (κ3) is 6.57. The molecule has 3 rings (SSSR count). The molecule has 0 unspecified atom stereocenters. The predicted molar refractivity (Wildman–Crippen MR) is 135 cm³/mol. The highest BCUT2D eigenvalue weighted by molar-refractivity contribution is 7.09. The second-order valence-electron chi connectivity index (χ2n) is 11.0. The van der Waals surface area contributed by atoms with E-state index in [1.54, 1.807) is 32.1 Å². The summed E-state index contributed by atoms with van der Waals surface area (Å²) in [6, 6.07) is 0. The Kier molecular flexibility index (Phi) is 8.59. The summed E-state index contributed by atoms with van der Waals surface area (Å²) in [5.41, 5.74) is 0.0149. The summed E-state index contributed by atoms with van der Waals surface area (Å²) in [6.07, 6.45) is -0.710. The van der Waals surface area contributed by atoms with Gasteiger partial charge in [0.1, 0.15) is 17.5 Å². The van der Waals surface area contributed by atoms with Gasteiger partial charge in [0.05, 0.1) is 40.8 Å². The standard InChI is InChI=1S/C26H40N2O6S/c1-14(8-18-12-35-17(4)28-18)19-9-21-26(7,34-21)13-27-11-15(2)23(31)16(3)24(32)25(5,6)20(29)10-22(30)33-19/h8,12,15-16,19-21,23,27,29,31H,9-11,13H2,1-7H3/b14-8+/t15-,16-,19-,20+,21+,23-,26-/m1/s1. The molecule has 7 atom stereocenters. The second-order valence-corrected chi connectivity index (χ2v) is 12.1. The minimum absolute atomic E-state index is 0.108. The van der Waals surface area contributed by atoms with E-state index < -0.39 is 41.2 Å². The van der Waals surface area contributed by atoms with Crippen molar-refractivity contribution in [1.29, 1.82) is 0 Å². The molecule has 8 nitrogen and oxygen atoms in total. The number of hydrogen-bond donors (Lipinski definition) is 3. The van der Waals surface area contributed by atoms with E-state index in [0.717, 1.165) is 16.3 Å². The van der Waals surface area contributed by atoms with E-state index in [9.17, 15) is 19.8 Å². The van der Waals surface area contributed by atoms with Gasteiger partial charge in [0.2, 0.25) is 0 Å². The first-order valence-electron chi connectivity index (χ1n) is 12.3. The number of carbonyl (C=O) groups excluding carboxylic acids is 2. The van der Waals surface area contributed by atoms with Crippen molar-refractivity contribution in [3.8, 4) is 0 Å². The Hall–Kier alpha value is -1.65. The number of ether oxygens (including phenoxy) is 2. The quantitative estimate of drug-likeness (QED) is 0.412. The molecule has 3 heterocycles. The Morgan fingerprint density at radius 3 is 2.57 bits per heavy atom. The molecule has 2 aliphatic heterocycles. The van der Waals surface area contributed by atoms with Gasteiger partial charge in [-0.05, 0) is 38.3 Å². The molecule has 0 radical (unpaired) electrons. The number of aryl methyl sites for hydroxylation is 1. The lowest BCUT2D eigenvalue weighted by Crippen LogP contribution is -2.47. The van der Waals surface area contributed by atoms with E-state index in [2.05, 4.69) is 10.3 Å². The van der Waals surface area contributed by atoms with Crippen LogP contribution in [0.25, 0.3) is 6.08 Å². The summed E-state index contributed by atoms with van der Waals surface area (Å²) in [5, 5.41) is 27.9. The fourth-order valence-corrected chi connectivity index (χ4v) is 5.30. The molecular weight excluding hydrogens is 468 g/mol. The summed E-state index contributed by atoms with van der Waals surface area (Å²) in [7, 11) is 0. The lowest BCUT2D eigenvalue weighted by molar-refractivity contribution is -0.154. The molecule has 3 N–H and O–H groups in total. The Balaban J connectivity index is 1.85. The number of nitrogens with zero attached hydrogens (tertiary/aromatic N) is 1. The van der Waals surface area contributed by atoms with Crippen LogP contribution in [0.1, 0.15) is 65.1 Å². The van der Waals surface area contributed by atoms with Crippen molar-refractivity contribution in [2.24, 2.45) is 17.3 Å². The molecule has 0 aromatic carbocycles. The van der Waals surface area contributed by atoms with Gasteiger partial charge in [-0.15, -0.1) is 11.3 Å². The average molecular weight is 509 g/mol. The third-order valence-corrected chi connectivity index (χ3v) is 8.33. The highest BCUT2D eigenvalue weighted by Crippen LogP contribution is 2.40. The number of thiazole rings is 1. The number of carbonyl (C=O) groups is 2. The SMILES string of the molecule is C/C(=C\c1csc(C)n1)[C@H]1C[C@@H]2O[C@]2(C)CNC[C@@H](C)[C@@H](O)[C@@H](C)C(=O)C(C)(C)[C@@H](O)CC(=O)O1. The van der Waals surface area contributed by atoms with E-state index in [1.165, 1.54) is 0 Å². The highest BCUT2D eigenvalue weighted by atomic mass is 32.1. The fourth-order valence-electron chi connectivity index (χ4n) is 4.73. The lowest BCUT2D eigenvalue weighted by Gasteiger charge is -2.34. The minimum Gasteiger partial charge on any atom is -0.458 e. The molecule has 0 spiro atoms. The molecule has 0 aliphatic carbocycles. The van der Waals surface area contributed by atoms with Crippen molar-refractivity contribution in [3.63, 3.8) is 0 Å². The van der Waals surface area contributed by atoms with E-state index in [4.69, 9.17) is 9.47 Å². The third-order valence-electron chi connectivity index (χ3n) is 7.54. The number of cyclic esters (lactones) is 1. The van der Waals surface area contributed by atoms with Crippen LogP contribution in [0.5, 0.6) is 0 Å². The molecule has 2 fully saturated rings. The number of aliphatic hydroxyl groups excluding tert-OH is 2. The number of epoxide rings is 1. The van der Waals surface area contributed by atoms with Crippen molar-refractivity contribution < 1.29 is 29.3 Å². The van der Waals surface area contributed by atoms with E-state index in [1.807, 2.05) is 39.2 Å². The van der Waals surface area contributed by atoms with Crippen LogP contribution in [-0.2, 0) is 19.1 Å². The summed E-state index contributed by atoms with van der Waals surface area (Å²) < 4.78 is 11.8.